The molecule has 3 atom stereocenters. The van der Waals surface area contributed by atoms with Crippen LogP contribution in [0.15, 0.2) is 13.6 Å². The summed E-state index contributed by atoms with van der Waals surface area (Å²) in [6.07, 6.45) is 4.23. The van der Waals surface area contributed by atoms with E-state index < -0.39 is 17.8 Å². The predicted octanol–water partition coefficient (Wildman–Crippen LogP) is 1.85. The van der Waals surface area contributed by atoms with Crippen molar-refractivity contribution in [3.8, 4) is 6.07 Å². The molecule has 1 aromatic heterocycles. The van der Waals surface area contributed by atoms with Crippen LogP contribution in [0.2, 0.25) is 0 Å². The molecule has 1 aliphatic rings. The second-order valence-corrected chi connectivity index (χ2v) is 6.11. The van der Waals surface area contributed by atoms with E-state index in [-0.39, 0.29) is 5.92 Å². The number of aliphatic carboxylic acids is 1. The molecule has 1 aromatic rings. The van der Waals surface area contributed by atoms with Gasteiger partial charge in [-0.15, -0.1) is 0 Å². The van der Waals surface area contributed by atoms with E-state index in [2.05, 4.69) is 11.4 Å². The van der Waals surface area contributed by atoms with Gasteiger partial charge in [0.25, 0.3) is 0 Å². The highest BCUT2D eigenvalue weighted by molar-refractivity contribution is 5.74. The van der Waals surface area contributed by atoms with Crippen LogP contribution in [0.5, 0.6) is 0 Å². The van der Waals surface area contributed by atoms with Gasteiger partial charge >= 0.3 is 11.8 Å². The minimum atomic E-state index is -0.892. The van der Waals surface area contributed by atoms with E-state index in [1.807, 2.05) is 0 Å². The van der Waals surface area contributed by atoms with Gasteiger partial charge < -0.3 is 19.3 Å². The number of hydrogen-bond donors (Lipinski definition) is 2. The number of nitrogens with one attached hydrogen (secondary N) is 1. The zero-order valence-electron chi connectivity index (χ0n) is 13.2. The highest BCUT2D eigenvalue weighted by Crippen LogP contribution is 2.29. The molecule has 0 radical (unpaired) electrons. The first kappa shape index (κ1) is 17.3. The highest BCUT2D eigenvalue weighted by atomic mass is 16.6. The van der Waals surface area contributed by atoms with E-state index >= 15 is 0 Å². The van der Waals surface area contributed by atoms with Crippen LogP contribution >= 0.6 is 0 Å². The Bertz CT molecular complexity index is 627. The molecule has 0 aliphatic carbocycles. The van der Waals surface area contributed by atoms with Crippen LogP contribution < -0.4 is 11.1 Å². The van der Waals surface area contributed by atoms with E-state index in [1.165, 1.54) is 0 Å². The summed E-state index contributed by atoms with van der Waals surface area (Å²) >= 11 is 0. The Morgan fingerprint density at radius 3 is 2.87 bits per heavy atom. The van der Waals surface area contributed by atoms with Crippen LogP contribution in [-0.2, 0) is 11.2 Å². The lowest BCUT2D eigenvalue weighted by Crippen LogP contribution is -2.42. The molecule has 0 amide bonds. The molecule has 3 unspecified atom stereocenters. The third-order valence-corrected chi connectivity index (χ3v) is 4.47. The summed E-state index contributed by atoms with van der Waals surface area (Å²) in [5, 5.41) is 21.2. The third kappa shape index (κ3) is 4.70. The smallest absolute Gasteiger partial charge is 0.480 e. The number of carboxylic acid groups (broad SMARTS) is 1. The van der Waals surface area contributed by atoms with Gasteiger partial charge in [-0.25, -0.2) is 4.79 Å². The van der Waals surface area contributed by atoms with Crippen molar-refractivity contribution in [1.82, 2.24) is 5.32 Å². The molecule has 2 N–H and O–H groups in total. The average molecular weight is 322 g/mol. The number of nitrogens with zero attached hydrogens (tertiary/aromatic N) is 1. The van der Waals surface area contributed by atoms with E-state index in [4.69, 9.17) is 14.1 Å². The summed E-state index contributed by atoms with van der Waals surface area (Å²) in [6.45, 7) is 2.28. The van der Waals surface area contributed by atoms with Gasteiger partial charge in [-0.2, -0.15) is 5.26 Å². The zero-order valence-corrected chi connectivity index (χ0v) is 13.2. The molecule has 1 saturated heterocycles. The maximum absolute atomic E-state index is 11.5. The van der Waals surface area contributed by atoms with Gasteiger partial charge in [0.05, 0.1) is 6.07 Å². The Hall–Kier alpha value is -2.07. The average Bonchev–Trinajstić information content (AvgIpc) is 2.69. The highest BCUT2D eigenvalue weighted by Gasteiger charge is 2.34. The van der Waals surface area contributed by atoms with Crippen molar-refractivity contribution in [1.29, 1.82) is 5.26 Å². The quantitative estimate of drug-likeness (QED) is 0.767. The van der Waals surface area contributed by atoms with E-state index in [0.717, 1.165) is 25.7 Å². The summed E-state index contributed by atoms with van der Waals surface area (Å²) in [7, 11) is 0. The van der Waals surface area contributed by atoms with Crippen molar-refractivity contribution in [2.45, 2.75) is 51.5 Å². The van der Waals surface area contributed by atoms with Crippen LogP contribution in [0.25, 0.3) is 0 Å². The largest absolute Gasteiger partial charge is 0.519 e. The Morgan fingerprint density at radius 1 is 1.48 bits per heavy atom. The van der Waals surface area contributed by atoms with Gasteiger partial charge in [-0.1, -0.05) is 0 Å². The molecule has 126 valence electrons. The Morgan fingerprint density at radius 2 is 2.26 bits per heavy atom. The Balaban J connectivity index is 2.11. The maximum atomic E-state index is 11.5. The fraction of sp³-hybridized carbons (Fsp3) is 0.688. The topological polar surface area (TPSA) is 116 Å². The monoisotopic (exact) mass is 322 g/mol. The van der Waals surface area contributed by atoms with E-state index in [1.54, 1.807) is 6.92 Å². The molecule has 7 heteroatoms. The van der Waals surface area contributed by atoms with Crippen LogP contribution in [0, 0.1) is 30.1 Å². The molecule has 1 aliphatic heterocycles. The van der Waals surface area contributed by atoms with E-state index in [9.17, 15) is 14.7 Å². The van der Waals surface area contributed by atoms with Gasteiger partial charge in [-0.3, -0.25) is 4.79 Å². The SMILES string of the molecule is Cc1oc(=O)oc1CC1CC(CCCC#N)CCNC1C(=O)O. The Kier molecular flexibility index (Phi) is 5.99. The molecule has 0 spiro atoms. The number of hydrogen-bond acceptors (Lipinski definition) is 6. The molecule has 0 aromatic carbocycles. The van der Waals surface area contributed by atoms with Crippen molar-refractivity contribution in [3.63, 3.8) is 0 Å². The maximum Gasteiger partial charge on any atom is 0.519 e. The Labute approximate surface area is 134 Å². The molecular weight excluding hydrogens is 300 g/mol. The number of carbonyl (C=O) groups is 1. The number of aryl methyl sites for hydroxylation is 1. The van der Waals surface area contributed by atoms with Crippen molar-refractivity contribution < 1.29 is 18.7 Å². The molecule has 1 fully saturated rings. The summed E-state index contributed by atoms with van der Waals surface area (Å²) in [5.41, 5.74) is 0. The molecule has 0 bridgehead atoms. The lowest BCUT2D eigenvalue weighted by atomic mass is 9.84. The van der Waals surface area contributed by atoms with Gasteiger partial charge in [0.15, 0.2) is 0 Å². The third-order valence-electron chi connectivity index (χ3n) is 4.47. The zero-order chi connectivity index (χ0) is 16.8. The fourth-order valence-electron chi connectivity index (χ4n) is 3.31. The molecule has 23 heavy (non-hydrogen) atoms. The summed E-state index contributed by atoms with van der Waals surface area (Å²) in [4.78, 5) is 22.7. The number of carboxylic acids is 1. The van der Waals surface area contributed by atoms with Crippen molar-refractivity contribution >= 4 is 5.97 Å². The number of unbranched alkanes of at least 4 members (excludes halogenated alkanes) is 1. The number of rotatable bonds is 6. The van der Waals surface area contributed by atoms with Crippen molar-refractivity contribution in [2.24, 2.45) is 11.8 Å². The first-order valence-electron chi connectivity index (χ1n) is 7.93. The van der Waals surface area contributed by atoms with Crippen LogP contribution in [-0.4, -0.2) is 23.7 Å². The second-order valence-electron chi connectivity index (χ2n) is 6.11. The van der Waals surface area contributed by atoms with Crippen LogP contribution in [0.3, 0.4) is 0 Å². The molecular formula is C16H22N2O5. The second kappa shape index (κ2) is 7.97. The minimum absolute atomic E-state index is 0.179. The fourth-order valence-corrected chi connectivity index (χ4v) is 3.31. The van der Waals surface area contributed by atoms with Crippen molar-refractivity contribution in [2.75, 3.05) is 6.54 Å². The molecule has 7 nitrogen and oxygen atoms in total. The summed E-state index contributed by atoms with van der Waals surface area (Å²) < 4.78 is 9.90. The van der Waals surface area contributed by atoms with Crippen molar-refractivity contribution in [3.05, 3.63) is 22.1 Å². The minimum Gasteiger partial charge on any atom is -0.480 e. The van der Waals surface area contributed by atoms with Crippen LogP contribution in [0.1, 0.15) is 43.6 Å². The first-order valence-corrected chi connectivity index (χ1v) is 7.93. The standard InChI is InChI=1S/C16H22N2O5/c1-10-13(23-16(21)22-10)9-12-8-11(4-2-3-6-17)5-7-18-14(12)15(19)20/h11-12,14,18H,2-5,7-9H2,1H3,(H,19,20). The van der Waals surface area contributed by atoms with Crippen LogP contribution in [0.4, 0.5) is 0 Å². The summed E-state index contributed by atoms with van der Waals surface area (Å²) in [6, 6.07) is 1.47. The predicted molar refractivity (Wildman–Crippen MR) is 80.8 cm³/mol. The number of nitriles is 1. The van der Waals surface area contributed by atoms with Gasteiger partial charge in [-0.05, 0) is 51.0 Å². The molecule has 2 heterocycles. The van der Waals surface area contributed by atoms with Gasteiger partial charge in [0.1, 0.15) is 17.6 Å². The lowest BCUT2D eigenvalue weighted by Gasteiger charge is -2.23. The molecule has 2 rings (SSSR count). The van der Waals surface area contributed by atoms with E-state index in [0.29, 0.717) is 36.8 Å². The van der Waals surface area contributed by atoms with Gasteiger partial charge in [0.2, 0.25) is 0 Å². The summed E-state index contributed by atoms with van der Waals surface area (Å²) in [5.74, 6) is -0.631. The lowest BCUT2D eigenvalue weighted by molar-refractivity contribution is -0.141. The van der Waals surface area contributed by atoms with Gasteiger partial charge in [0, 0.05) is 12.8 Å². The first-order chi connectivity index (χ1) is 11.0. The molecule has 0 saturated carbocycles. The normalized spacial score (nSPS) is 24.8.